The van der Waals surface area contributed by atoms with Crippen LogP contribution in [0.5, 0.6) is 0 Å². The minimum absolute atomic E-state index is 0.0176. The number of hydrogen-bond acceptors (Lipinski definition) is 5. The summed E-state index contributed by atoms with van der Waals surface area (Å²) in [5.41, 5.74) is 0. The van der Waals surface area contributed by atoms with Gasteiger partial charge in [0.05, 0.1) is 6.54 Å². The van der Waals surface area contributed by atoms with Crippen LogP contribution in [0.1, 0.15) is 26.0 Å². The number of hydrogen-bond donors (Lipinski definition) is 2. The van der Waals surface area contributed by atoms with Gasteiger partial charge in [-0.25, -0.2) is 13.1 Å². The Morgan fingerprint density at radius 3 is 2.90 bits per heavy atom. The van der Waals surface area contributed by atoms with Crippen LogP contribution in [-0.2, 0) is 16.6 Å². The highest BCUT2D eigenvalue weighted by Crippen LogP contribution is 2.27. The van der Waals surface area contributed by atoms with Gasteiger partial charge in [-0.1, -0.05) is 13.8 Å². The number of sulfonamides is 1. The lowest BCUT2D eigenvalue weighted by Crippen LogP contribution is -2.34. The second kappa shape index (κ2) is 6.83. The third-order valence-corrected chi connectivity index (χ3v) is 6.47. The lowest BCUT2D eigenvalue weighted by atomic mass is 10.3. The van der Waals surface area contributed by atoms with E-state index in [4.69, 9.17) is 4.42 Å². The second-order valence-electron chi connectivity index (χ2n) is 5.07. The van der Waals surface area contributed by atoms with Crippen molar-refractivity contribution in [2.75, 3.05) is 11.5 Å². The smallest absolute Gasteiger partial charge is 0.245 e. The number of halogens is 1. The van der Waals surface area contributed by atoms with E-state index in [1.54, 1.807) is 17.8 Å². The summed E-state index contributed by atoms with van der Waals surface area (Å²) in [5.74, 6) is 2.44. The quantitative estimate of drug-likeness (QED) is 0.789. The van der Waals surface area contributed by atoms with Crippen molar-refractivity contribution in [1.82, 2.24) is 10.0 Å². The lowest BCUT2D eigenvalue weighted by molar-refractivity contribution is 0.447. The fourth-order valence-corrected chi connectivity index (χ4v) is 5.41. The van der Waals surface area contributed by atoms with Gasteiger partial charge in [0, 0.05) is 23.9 Å². The van der Waals surface area contributed by atoms with Crippen LogP contribution < -0.4 is 10.0 Å². The minimum atomic E-state index is -3.52. The van der Waals surface area contributed by atoms with E-state index in [2.05, 4.69) is 26.0 Å². The highest BCUT2D eigenvalue weighted by Gasteiger charge is 2.27. The largest absolute Gasteiger partial charge is 0.452 e. The van der Waals surface area contributed by atoms with Crippen LogP contribution in [0.3, 0.4) is 0 Å². The number of furan rings is 1. The molecule has 2 rings (SSSR count). The Bertz CT molecular complexity index is 551. The summed E-state index contributed by atoms with van der Waals surface area (Å²) < 4.78 is 33.1. The predicted molar refractivity (Wildman–Crippen MR) is 84.4 cm³/mol. The monoisotopic (exact) mass is 382 g/mol. The molecule has 1 aliphatic heterocycles. The van der Waals surface area contributed by atoms with Gasteiger partial charge in [0.1, 0.15) is 10.7 Å². The molecule has 5 nitrogen and oxygen atoms in total. The Kier molecular flexibility index (Phi) is 5.58. The molecule has 0 saturated carbocycles. The van der Waals surface area contributed by atoms with Crippen molar-refractivity contribution < 1.29 is 12.8 Å². The Labute approximate surface area is 132 Å². The maximum Gasteiger partial charge on any atom is 0.245 e. The van der Waals surface area contributed by atoms with Crippen molar-refractivity contribution in [2.24, 2.45) is 0 Å². The Morgan fingerprint density at radius 1 is 1.55 bits per heavy atom. The Morgan fingerprint density at radius 2 is 2.30 bits per heavy atom. The molecular formula is C12H19BrN2O3S2. The van der Waals surface area contributed by atoms with Crippen molar-refractivity contribution in [3.05, 3.63) is 16.5 Å². The zero-order valence-corrected chi connectivity index (χ0v) is 14.7. The molecule has 1 fully saturated rings. The van der Waals surface area contributed by atoms with Gasteiger partial charge in [0.2, 0.25) is 10.0 Å². The van der Waals surface area contributed by atoms with Crippen molar-refractivity contribution in [1.29, 1.82) is 0 Å². The molecule has 0 aromatic carbocycles. The molecule has 2 heterocycles. The first kappa shape index (κ1) is 16.4. The van der Waals surface area contributed by atoms with E-state index >= 15 is 0 Å². The molecule has 1 aromatic rings. The summed E-state index contributed by atoms with van der Waals surface area (Å²) in [6.45, 7) is 4.55. The summed E-state index contributed by atoms with van der Waals surface area (Å²) >= 11 is 4.96. The van der Waals surface area contributed by atoms with Crippen molar-refractivity contribution in [2.45, 2.75) is 43.8 Å². The van der Waals surface area contributed by atoms with Gasteiger partial charge in [-0.15, -0.1) is 0 Å². The number of nitrogens with one attached hydrogen (secondary N) is 2. The van der Waals surface area contributed by atoms with Gasteiger partial charge >= 0.3 is 0 Å². The third-order valence-electron chi connectivity index (χ3n) is 2.93. The first-order valence-electron chi connectivity index (χ1n) is 6.50. The van der Waals surface area contributed by atoms with Gasteiger partial charge < -0.3 is 9.73 Å². The fourth-order valence-electron chi connectivity index (χ4n) is 1.88. The van der Waals surface area contributed by atoms with Gasteiger partial charge in [0.25, 0.3) is 0 Å². The highest BCUT2D eigenvalue weighted by atomic mass is 79.9. The fraction of sp³-hybridized carbons (Fsp3) is 0.667. The molecule has 114 valence electrons. The van der Waals surface area contributed by atoms with E-state index in [9.17, 15) is 8.42 Å². The summed E-state index contributed by atoms with van der Waals surface area (Å²) in [6.07, 6.45) is 0.876. The van der Waals surface area contributed by atoms with Crippen LogP contribution in [0, 0.1) is 0 Å². The van der Waals surface area contributed by atoms with Gasteiger partial charge in [-0.3, -0.25) is 0 Å². The molecule has 2 N–H and O–H groups in total. The van der Waals surface area contributed by atoms with Crippen LogP contribution in [0.25, 0.3) is 0 Å². The lowest BCUT2D eigenvalue weighted by Gasteiger charge is -2.10. The normalized spacial score (nSPS) is 19.9. The summed E-state index contributed by atoms with van der Waals surface area (Å²) in [6, 6.07) is 1.90. The molecule has 1 aliphatic rings. The summed E-state index contributed by atoms with van der Waals surface area (Å²) in [5, 5.41) is 3.19. The molecule has 1 saturated heterocycles. The van der Waals surface area contributed by atoms with Gasteiger partial charge in [0.15, 0.2) is 4.67 Å². The molecule has 0 aliphatic carbocycles. The van der Waals surface area contributed by atoms with Crippen LogP contribution in [0.4, 0.5) is 0 Å². The van der Waals surface area contributed by atoms with Crippen molar-refractivity contribution >= 4 is 37.7 Å². The molecule has 8 heteroatoms. The SMILES string of the molecule is CC(C)NCc1cc(S(=O)(=O)NC2CCSC2)c(Br)o1. The summed E-state index contributed by atoms with van der Waals surface area (Å²) in [4.78, 5) is 0.176. The number of thioether (sulfide) groups is 1. The molecule has 0 radical (unpaired) electrons. The average Bonchev–Trinajstić information content (AvgIpc) is 2.95. The maximum absolute atomic E-state index is 12.3. The number of rotatable bonds is 6. The third kappa shape index (κ3) is 4.24. The van der Waals surface area contributed by atoms with Crippen molar-refractivity contribution in [3.63, 3.8) is 0 Å². The van der Waals surface area contributed by atoms with Crippen LogP contribution in [0.15, 0.2) is 20.0 Å². The second-order valence-corrected chi connectivity index (χ2v) is 8.62. The first-order chi connectivity index (χ1) is 9.38. The first-order valence-corrected chi connectivity index (χ1v) is 9.93. The van der Waals surface area contributed by atoms with E-state index < -0.39 is 10.0 Å². The standard InChI is InChI=1S/C12H19BrN2O3S2/c1-8(2)14-6-10-5-11(12(13)18-10)20(16,17)15-9-3-4-19-7-9/h5,8-9,14-15H,3-4,6-7H2,1-2H3. The van der Waals surface area contributed by atoms with Crippen LogP contribution in [0.2, 0.25) is 0 Å². The molecule has 20 heavy (non-hydrogen) atoms. The zero-order chi connectivity index (χ0) is 14.8. The highest BCUT2D eigenvalue weighted by molar-refractivity contribution is 9.10. The van der Waals surface area contributed by atoms with Gasteiger partial charge in [-0.2, -0.15) is 11.8 Å². The molecular weight excluding hydrogens is 364 g/mol. The van der Waals surface area contributed by atoms with Crippen LogP contribution in [-0.4, -0.2) is 32.0 Å². The Balaban J connectivity index is 2.10. The van der Waals surface area contributed by atoms with E-state index in [0.717, 1.165) is 17.9 Å². The summed E-state index contributed by atoms with van der Waals surface area (Å²) in [7, 11) is -3.52. The molecule has 0 amide bonds. The Hall–Kier alpha value is -0.0200. The van der Waals surface area contributed by atoms with E-state index in [1.807, 2.05) is 13.8 Å². The van der Waals surface area contributed by atoms with Crippen LogP contribution >= 0.6 is 27.7 Å². The molecule has 0 bridgehead atoms. The minimum Gasteiger partial charge on any atom is -0.452 e. The van der Waals surface area contributed by atoms with E-state index in [0.29, 0.717) is 18.3 Å². The van der Waals surface area contributed by atoms with Gasteiger partial charge in [-0.05, 0) is 28.1 Å². The molecule has 1 aromatic heterocycles. The predicted octanol–water partition coefficient (Wildman–Crippen LogP) is 2.32. The maximum atomic E-state index is 12.3. The zero-order valence-electron chi connectivity index (χ0n) is 11.5. The molecule has 1 atom stereocenters. The average molecular weight is 383 g/mol. The van der Waals surface area contributed by atoms with E-state index in [1.165, 1.54) is 0 Å². The topological polar surface area (TPSA) is 71.3 Å². The molecule has 0 spiro atoms. The van der Waals surface area contributed by atoms with E-state index in [-0.39, 0.29) is 15.6 Å². The molecule has 1 unspecified atom stereocenters. The van der Waals surface area contributed by atoms with Crippen molar-refractivity contribution in [3.8, 4) is 0 Å².